The number of nitrogens with zero attached hydrogens (tertiary/aromatic N) is 6. The monoisotopic (exact) mass is 551 g/mol. The van der Waals surface area contributed by atoms with Crippen LogP contribution in [0.15, 0.2) is 60.7 Å². The lowest BCUT2D eigenvalue weighted by Gasteiger charge is -2.41. The van der Waals surface area contributed by atoms with Crippen LogP contribution in [0.2, 0.25) is 0 Å². The zero-order valence-corrected chi connectivity index (χ0v) is 23.0. The van der Waals surface area contributed by atoms with Crippen LogP contribution in [0.3, 0.4) is 0 Å². The van der Waals surface area contributed by atoms with E-state index in [1.165, 1.54) is 16.6 Å². The second-order valence-electron chi connectivity index (χ2n) is 9.66. The number of hydrogen-bond acceptors (Lipinski definition) is 6. The molecule has 0 saturated carbocycles. The van der Waals surface area contributed by atoms with Gasteiger partial charge in [-0.05, 0) is 62.2 Å². The Hall–Kier alpha value is -3.46. The molecular formula is C28H31Cl2N7O. The summed E-state index contributed by atoms with van der Waals surface area (Å²) in [6, 6.07) is 21.3. The van der Waals surface area contributed by atoms with E-state index in [1.54, 1.807) is 4.52 Å². The predicted octanol–water partition coefficient (Wildman–Crippen LogP) is 4.43. The van der Waals surface area contributed by atoms with E-state index >= 15 is 0 Å². The van der Waals surface area contributed by atoms with Crippen LogP contribution in [0.4, 0.5) is 5.69 Å². The lowest BCUT2D eigenvalue weighted by atomic mass is 10.0. The third-order valence-electron chi connectivity index (χ3n) is 7.37. The van der Waals surface area contributed by atoms with Gasteiger partial charge in [0.05, 0.1) is 11.0 Å². The average molecular weight is 553 g/mol. The number of pyridine rings is 2. The Kier molecular flexibility index (Phi) is 8.06. The Morgan fingerprint density at radius 3 is 2.55 bits per heavy atom. The Balaban J connectivity index is 0.00000168. The molecule has 1 aliphatic rings. The van der Waals surface area contributed by atoms with Gasteiger partial charge in [0.15, 0.2) is 5.69 Å². The molecule has 1 amide bonds. The maximum Gasteiger partial charge on any atom is 0.271 e. The Labute approximate surface area is 233 Å². The molecule has 0 unspecified atom stereocenters. The van der Waals surface area contributed by atoms with Gasteiger partial charge in [-0.15, -0.1) is 29.9 Å². The number of halogens is 2. The number of rotatable bonds is 5. The van der Waals surface area contributed by atoms with Gasteiger partial charge in [0.25, 0.3) is 5.91 Å². The highest BCUT2D eigenvalue weighted by Gasteiger charge is 2.25. The van der Waals surface area contributed by atoms with Crippen LogP contribution in [-0.4, -0.2) is 62.8 Å². The molecule has 38 heavy (non-hydrogen) atoms. The van der Waals surface area contributed by atoms with Crippen molar-refractivity contribution >= 4 is 63.7 Å². The van der Waals surface area contributed by atoms with Gasteiger partial charge in [-0.1, -0.05) is 29.5 Å². The molecule has 1 aliphatic heterocycles. The van der Waals surface area contributed by atoms with E-state index in [0.29, 0.717) is 11.6 Å². The number of carbonyl (C=O) groups excluding carboxylic acids is 1. The largest absolute Gasteiger partial charge is 0.368 e. The van der Waals surface area contributed by atoms with E-state index in [-0.39, 0.29) is 30.5 Å². The van der Waals surface area contributed by atoms with Crippen LogP contribution in [-0.2, 0) is 6.42 Å². The van der Waals surface area contributed by atoms with Gasteiger partial charge in [0, 0.05) is 54.4 Å². The van der Waals surface area contributed by atoms with Crippen LogP contribution < -0.4 is 10.6 Å². The summed E-state index contributed by atoms with van der Waals surface area (Å²) in [5.41, 5.74) is 11.9. The number of aryl methyl sites for hydroxylation is 1. The molecular weight excluding hydrogens is 521 g/mol. The molecule has 5 aromatic rings. The number of anilines is 1. The Morgan fingerprint density at radius 1 is 0.974 bits per heavy atom. The summed E-state index contributed by atoms with van der Waals surface area (Å²) < 4.78 is 1.71. The van der Waals surface area contributed by atoms with Gasteiger partial charge < -0.3 is 10.6 Å². The minimum absolute atomic E-state index is 0. The summed E-state index contributed by atoms with van der Waals surface area (Å²) >= 11 is 0. The molecule has 3 aromatic heterocycles. The molecule has 0 bridgehead atoms. The molecule has 6 rings (SSSR count). The highest BCUT2D eigenvalue weighted by molar-refractivity contribution is 5.99. The maximum atomic E-state index is 11.7. The smallest absolute Gasteiger partial charge is 0.271 e. The van der Waals surface area contributed by atoms with Gasteiger partial charge in [0.2, 0.25) is 0 Å². The van der Waals surface area contributed by atoms with Crippen molar-refractivity contribution < 1.29 is 4.79 Å². The first-order chi connectivity index (χ1) is 17.5. The van der Waals surface area contributed by atoms with Crippen LogP contribution in [0.1, 0.15) is 28.7 Å². The van der Waals surface area contributed by atoms with Crippen LogP contribution >= 0.6 is 24.8 Å². The van der Waals surface area contributed by atoms with Gasteiger partial charge in [0.1, 0.15) is 5.52 Å². The number of amides is 1. The minimum atomic E-state index is -0.566. The van der Waals surface area contributed by atoms with Gasteiger partial charge in [-0.25, -0.2) is 4.52 Å². The van der Waals surface area contributed by atoms with E-state index in [4.69, 9.17) is 10.7 Å². The third kappa shape index (κ3) is 4.87. The highest BCUT2D eigenvalue weighted by Crippen LogP contribution is 2.28. The molecule has 4 heterocycles. The number of piperazine rings is 1. The van der Waals surface area contributed by atoms with E-state index in [0.717, 1.165) is 54.7 Å². The molecule has 1 fully saturated rings. The molecule has 8 nitrogen and oxygen atoms in total. The normalized spacial score (nSPS) is 15.9. The molecule has 0 aliphatic carbocycles. The molecule has 10 heteroatoms. The predicted molar refractivity (Wildman–Crippen MR) is 157 cm³/mol. The van der Waals surface area contributed by atoms with E-state index in [2.05, 4.69) is 63.4 Å². The fraction of sp³-hybridized carbons (Fsp3) is 0.286. The number of hydrogen-bond donors (Lipinski definition) is 1. The lowest BCUT2D eigenvalue weighted by molar-refractivity contribution is 0.0997. The zero-order chi connectivity index (χ0) is 24.8. The van der Waals surface area contributed by atoms with Crippen molar-refractivity contribution in [1.29, 1.82) is 0 Å². The number of fused-ring (bicyclic) bond motifs is 4. The minimum Gasteiger partial charge on any atom is -0.368 e. The highest BCUT2D eigenvalue weighted by atomic mass is 35.5. The van der Waals surface area contributed by atoms with Crippen molar-refractivity contribution in [3.63, 3.8) is 0 Å². The lowest BCUT2D eigenvalue weighted by Crippen LogP contribution is -2.52. The number of carbonyl (C=O) groups is 1. The van der Waals surface area contributed by atoms with Gasteiger partial charge in [-0.3, -0.25) is 14.7 Å². The standard InChI is InChI=1S/C28H29N7O.2ClH/c1-18-9-10-22-23(30-18)6-4-7-24(22)34-16-15-33(19(2)17-34)14-13-20-5-3-8-25-21(20)11-12-26-27(28(29)36)31-32-35(25)26;;/h3-12,19H,13-17H2,1-2H3,(H2,29,36);2*1H/t19-;;/m1../s1. The first-order valence-electron chi connectivity index (χ1n) is 12.4. The molecule has 1 atom stereocenters. The summed E-state index contributed by atoms with van der Waals surface area (Å²) in [6.45, 7) is 8.31. The molecule has 198 valence electrons. The maximum absolute atomic E-state index is 11.7. The van der Waals surface area contributed by atoms with Gasteiger partial charge in [-0.2, -0.15) is 0 Å². The van der Waals surface area contributed by atoms with Crippen molar-refractivity contribution in [2.24, 2.45) is 5.73 Å². The third-order valence-corrected chi connectivity index (χ3v) is 7.37. The van der Waals surface area contributed by atoms with Gasteiger partial charge >= 0.3 is 0 Å². The molecule has 1 saturated heterocycles. The first kappa shape index (κ1) is 27.6. The number of aromatic nitrogens is 4. The molecule has 2 N–H and O–H groups in total. The van der Waals surface area contributed by atoms with Crippen molar-refractivity contribution in [2.75, 3.05) is 31.1 Å². The second-order valence-corrected chi connectivity index (χ2v) is 9.66. The molecule has 0 spiro atoms. The number of nitrogens with two attached hydrogens (primary N) is 1. The Bertz CT molecular complexity index is 1620. The van der Waals surface area contributed by atoms with Crippen molar-refractivity contribution in [3.8, 4) is 0 Å². The summed E-state index contributed by atoms with van der Waals surface area (Å²) in [4.78, 5) is 21.5. The van der Waals surface area contributed by atoms with E-state index in [1.807, 2.05) is 31.2 Å². The molecule has 0 radical (unpaired) electrons. The zero-order valence-electron chi connectivity index (χ0n) is 21.4. The average Bonchev–Trinajstić information content (AvgIpc) is 3.32. The summed E-state index contributed by atoms with van der Waals surface area (Å²) in [5.74, 6) is -0.566. The summed E-state index contributed by atoms with van der Waals surface area (Å²) in [6.07, 6.45) is 0.933. The fourth-order valence-corrected chi connectivity index (χ4v) is 5.48. The topological polar surface area (TPSA) is 92.6 Å². The summed E-state index contributed by atoms with van der Waals surface area (Å²) in [7, 11) is 0. The van der Waals surface area contributed by atoms with Crippen LogP contribution in [0.5, 0.6) is 0 Å². The summed E-state index contributed by atoms with van der Waals surface area (Å²) in [5, 5.41) is 10.5. The van der Waals surface area contributed by atoms with Crippen molar-refractivity contribution in [2.45, 2.75) is 26.3 Å². The first-order valence-corrected chi connectivity index (χ1v) is 12.4. The SMILES string of the molecule is Cc1ccc2c(N3CCN(CCc4cccc5c4ccc4c(C(N)=O)nnn45)[C@H](C)C3)cccc2n1.Cl.Cl. The van der Waals surface area contributed by atoms with Crippen LogP contribution in [0.25, 0.3) is 27.3 Å². The van der Waals surface area contributed by atoms with Crippen molar-refractivity contribution in [3.05, 3.63) is 77.6 Å². The van der Waals surface area contributed by atoms with E-state index < -0.39 is 5.91 Å². The van der Waals surface area contributed by atoms with Crippen LogP contribution in [0, 0.1) is 6.92 Å². The molecule has 2 aromatic carbocycles. The number of benzene rings is 2. The quantitative estimate of drug-likeness (QED) is 0.347. The second kappa shape index (κ2) is 11.1. The number of primary amides is 1. The van der Waals surface area contributed by atoms with E-state index in [9.17, 15) is 4.79 Å². The van der Waals surface area contributed by atoms with Crippen molar-refractivity contribution in [1.82, 2.24) is 24.7 Å². The Morgan fingerprint density at radius 2 is 1.76 bits per heavy atom. The fourth-order valence-electron chi connectivity index (χ4n) is 5.48.